The number of rotatable bonds is 10. The third-order valence-electron chi connectivity index (χ3n) is 6.59. The highest BCUT2D eigenvalue weighted by Gasteiger charge is 2.25. The third-order valence-corrected chi connectivity index (χ3v) is 6.59. The van der Waals surface area contributed by atoms with Crippen LogP contribution in [0, 0.1) is 20.2 Å². The van der Waals surface area contributed by atoms with Gasteiger partial charge in [-0.05, 0) is 34.9 Å². The van der Waals surface area contributed by atoms with Crippen molar-refractivity contribution in [1.29, 1.82) is 0 Å². The molecule has 2 heterocycles. The van der Waals surface area contributed by atoms with Gasteiger partial charge < -0.3 is 14.3 Å². The summed E-state index contributed by atoms with van der Waals surface area (Å²) in [5.74, 6) is -0.314. The Morgan fingerprint density at radius 2 is 1.67 bits per heavy atom. The molecule has 1 atom stereocenters. The Hall–Kier alpha value is -5.25. The van der Waals surface area contributed by atoms with E-state index in [9.17, 15) is 25.0 Å². The fraction of sp³-hybridized carbons (Fsp3) is 0.138. The Bertz CT molecular complexity index is 1640. The lowest BCUT2D eigenvalue weighted by Gasteiger charge is -2.17. The van der Waals surface area contributed by atoms with E-state index in [2.05, 4.69) is 5.32 Å². The van der Waals surface area contributed by atoms with Gasteiger partial charge in [-0.3, -0.25) is 25.0 Å². The molecule has 0 fully saturated rings. The number of nitrogens with zero attached hydrogens (tertiary/aromatic N) is 3. The molecule has 196 valence electrons. The molecular weight excluding hydrogens is 500 g/mol. The van der Waals surface area contributed by atoms with Gasteiger partial charge in [-0.2, -0.15) is 0 Å². The maximum Gasteiger partial charge on any atom is 0.270 e. The predicted octanol–water partition coefficient (Wildman–Crippen LogP) is 5.94. The minimum absolute atomic E-state index is 0.0327. The highest BCUT2D eigenvalue weighted by molar-refractivity contribution is 5.88. The van der Waals surface area contributed by atoms with Crippen molar-refractivity contribution >= 4 is 28.2 Å². The Morgan fingerprint density at radius 1 is 0.897 bits per heavy atom. The van der Waals surface area contributed by atoms with E-state index in [0.717, 1.165) is 11.1 Å². The zero-order valence-electron chi connectivity index (χ0n) is 20.7. The number of nitro benzene ring substituents is 2. The van der Waals surface area contributed by atoms with Crippen LogP contribution in [0.3, 0.4) is 0 Å². The largest absolute Gasteiger partial charge is 0.467 e. The van der Waals surface area contributed by atoms with Gasteiger partial charge in [0, 0.05) is 60.2 Å². The van der Waals surface area contributed by atoms with E-state index >= 15 is 0 Å². The maximum absolute atomic E-state index is 13.1. The summed E-state index contributed by atoms with van der Waals surface area (Å²) in [6, 6.07) is 24.0. The number of carbonyl (C=O) groups is 1. The van der Waals surface area contributed by atoms with Crippen LogP contribution in [0.1, 0.15) is 34.8 Å². The molecule has 0 unspecified atom stereocenters. The van der Waals surface area contributed by atoms with Gasteiger partial charge >= 0.3 is 0 Å². The number of carbonyl (C=O) groups excluding carboxylic acids is 1. The van der Waals surface area contributed by atoms with Crippen LogP contribution in [0.15, 0.2) is 102 Å². The number of non-ortho nitro benzene ring substituents is 2. The van der Waals surface area contributed by atoms with Gasteiger partial charge in [-0.25, -0.2) is 0 Å². The average molecular weight is 525 g/mol. The lowest BCUT2D eigenvalue weighted by atomic mass is 9.87. The van der Waals surface area contributed by atoms with Crippen molar-refractivity contribution in [2.75, 3.05) is 0 Å². The molecule has 0 saturated carbocycles. The normalized spacial score (nSPS) is 11.8. The third kappa shape index (κ3) is 5.69. The molecule has 0 saturated heterocycles. The minimum atomic E-state index is -0.608. The SMILES string of the molecule is O=C(C[C@H](c1cccc([N+](=O)[O-])c1)c1cn(Cc2ccccc2)c2ccc([N+](=O)[O-])cc12)NCc1ccco1. The van der Waals surface area contributed by atoms with E-state index < -0.39 is 15.8 Å². The molecule has 3 aromatic carbocycles. The standard InChI is InChI=1S/C29H24N4O6/c34-29(30-17-24-10-5-13-39-24)16-25(21-8-4-9-22(14-21)32(35)36)27-19-31(18-20-6-2-1-3-7-20)28-12-11-23(33(37)38)15-26(27)28/h1-15,19,25H,16-18H2,(H,30,34)/t25-/m1/s1. The summed E-state index contributed by atoms with van der Waals surface area (Å²) in [4.78, 5) is 35.4. The number of nitrogens with one attached hydrogen (secondary N) is 1. The lowest BCUT2D eigenvalue weighted by Crippen LogP contribution is -2.24. The summed E-state index contributed by atoms with van der Waals surface area (Å²) in [5.41, 5.74) is 2.82. The van der Waals surface area contributed by atoms with E-state index in [1.165, 1.54) is 30.5 Å². The van der Waals surface area contributed by atoms with Crippen LogP contribution in [0.2, 0.25) is 0 Å². The first kappa shape index (κ1) is 25.4. The Kier molecular flexibility index (Phi) is 7.17. The highest BCUT2D eigenvalue weighted by Crippen LogP contribution is 2.37. The number of nitro groups is 2. The summed E-state index contributed by atoms with van der Waals surface area (Å²) < 4.78 is 7.28. The molecule has 2 aromatic heterocycles. The van der Waals surface area contributed by atoms with E-state index in [-0.39, 0.29) is 30.2 Å². The van der Waals surface area contributed by atoms with Crippen LogP contribution in [-0.2, 0) is 17.9 Å². The molecule has 1 amide bonds. The van der Waals surface area contributed by atoms with Crippen molar-refractivity contribution in [3.8, 4) is 0 Å². The van der Waals surface area contributed by atoms with Gasteiger partial charge in [0.1, 0.15) is 5.76 Å². The quantitative estimate of drug-likeness (QED) is 0.178. The molecule has 5 rings (SSSR count). The molecule has 1 N–H and O–H groups in total. The second kappa shape index (κ2) is 11.0. The molecule has 0 aliphatic carbocycles. The topological polar surface area (TPSA) is 133 Å². The van der Waals surface area contributed by atoms with Crippen LogP contribution in [0.4, 0.5) is 11.4 Å². The van der Waals surface area contributed by atoms with Gasteiger partial charge in [0.15, 0.2) is 0 Å². The van der Waals surface area contributed by atoms with Gasteiger partial charge in [0.25, 0.3) is 11.4 Å². The molecule has 5 aromatic rings. The predicted molar refractivity (Wildman–Crippen MR) is 144 cm³/mol. The van der Waals surface area contributed by atoms with Crippen LogP contribution in [0.25, 0.3) is 10.9 Å². The van der Waals surface area contributed by atoms with Crippen molar-refractivity contribution in [3.63, 3.8) is 0 Å². The first-order valence-corrected chi connectivity index (χ1v) is 12.2. The molecule has 0 spiro atoms. The van der Waals surface area contributed by atoms with E-state index in [1.807, 2.05) is 41.1 Å². The van der Waals surface area contributed by atoms with E-state index in [4.69, 9.17) is 4.42 Å². The Morgan fingerprint density at radius 3 is 2.38 bits per heavy atom. The van der Waals surface area contributed by atoms with Gasteiger partial charge in [0.2, 0.25) is 5.91 Å². The molecule has 0 aliphatic heterocycles. The molecule has 0 bridgehead atoms. The van der Waals surface area contributed by atoms with Crippen molar-refractivity contribution in [3.05, 3.63) is 140 Å². The number of aromatic nitrogens is 1. The van der Waals surface area contributed by atoms with Crippen LogP contribution >= 0.6 is 0 Å². The average Bonchev–Trinajstić information content (AvgIpc) is 3.59. The minimum Gasteiger partial charge on any atom is -0.467 e. The zero-order valence-corrected chi connectivity index (χ0v) is 20.7. The molecule has 10 heteroatoms. The fourth-order valence-corrected chi connectivity index (χ4v) is 4.73. The van der Waals surface area contributed by atoms with Crippen LogP contribution in [-0.4, -0.2) is 20.3 Å². The summed E-state index contributed by atoms with van der Waals surface area (Å²) in [6.07, 6.45) is 3.36. The van der Waals surface area contributed by atoms with Gasteiger partial charge in [0.05, 0.1) is 22.7 Å². The van der Waals surface area contributed by atoms with Crippen molar-refractivity contribution in [2.24, 2.45) is 0 Å². The molecular formula is C29H24N4O6. The summed E-state index contributed by atoms with van der Waals surface area (Å²) >= 11 is 0. The second-order valence-electron chi connectivity index (χ2n) is 9.12. The fourth-order valence-electron chi connectivity index (χ4n) is 4.73. The number of benzene rings is 3. The molecule has 39 heavy (non-hydrogen) atoms. The number of furan rings is 1. The number of hydrogen-bond donors (Lipinski definition) is 1. The monoisotopic (exact) mass is 524 g/mol. The van der Waals surface area contributed by atoms with E-state index in [0.29, 0.717) is 28.8 Å². The first-order valence-electron chi connectivity index (χ1n) is 12.2. The highest BCUT2D eigenvalue weighted by atomic mass is 16.6. The van der Waals surface area contributed by atoms with Crippen molar-refractivity contribution in [1.82, 2.24) is 9.88 Å². The number of hydrogen-bond acceptors (Lipinski definition) is 6. The Labute approximate surface area is 222 Å². The van der Waals surface area contributed by atoms with E-state index in [1.54, 1.807) is 30.3 Å². The Balaban J connectivity index is 1.61. The van der Waals surface area contributed by atoms with Crippen molar-refractivity contribution < 1.29 is 19.1 Å². The van der Waals surface area contributed by atoms with Gasteiger partial charge in [-0.1, -0.05) is 42.5 Å². The summed E-state index contributed by atoms with van der Waals surface area (Å²) in [6.45, 7) is 0.691. The molecule has 0 aliphatic rings. The van der Waals surface area contributed by atoms with Gasteiger partial charge in [-0.15, -0.1) is 0 Å². The number of fused-ring (bicyclic) bond motifs is 1. The summed E-state index contributed by atoms with van der Waals surface area (Å²) in [7, 11) is 0. The first-order chi connectivity index (χ1) is 18.9. The van der Waals surface area contributed by atoms with Crippen LogP contribution < -0.4 is 5.32 Å². The number of amides is 1. The maximum atomic E-state index is 13.1. The second-order valence-corrected chi connectivity index (χ2v) is 9.12. The summed E-state index contributed by atoms with van der Waals surface area (Å²) in [5, 5.41) is 26.6. The smallest absolute Gasteiger partial charge is 0.270 e. The molecule has 0 radical (unpaired) electrons. The van der Waals surface area contributed by atoms with Crippen LogP contribution in [0.5, 0.6) is 0 Å². The zero-order chi connectivity index (χ0) is 27.4. The molecule has 10 nitrogen and oxygen atoms in total. The van der Waals surface area contributed by atoms with Crippen molar-refractivity contribution in [2.45, 2.75) is 25.4 Å². The lowest BCUT2D eigenvalue weighted by molar-refractivity contribution is -0.385.